The summed E-state index contributed by atoms with van der Waals surface area (Å²) in [4.78, 5) is 19.3. The summed E-state index contributed by atoms with van der Waals surface area (Å²) in [6.45, 7) is 3.22. The van der Waals surface area contributed by atoms with E-state index < -0.39 is 0 Å². The summed E-state index contributed by atoms with van der Waals surface area (Å²) in [5, 5.41) is 9.92. The van der Waals surface area contributed by atoms with Crippen molar-refractivity contribution in [2.24, 2.45) is 10.2 Å². The number of nitrogens with one attached hydrogen (secondary N) is 1. The second kappa shape index (κ2) is 11.8. The van der Waals surface area contributed by atoms with E-state index in [1.165, 1.54) is 5.56 Å². The molecule has 10 nitrogen and oxygen atoms in total. The van der Waals surface area contributed by atoms with Crippen LogP contribution < -0.4 is 14.4 Å². The van der Waals surface area contributed by atoms with Crippen LogP contribution in [-0.4, -0.2) is 60.5 Å². The molecule has 0 radical (unpaired) electrons. The van der Waals surface area contributed by atoms with E-state index in [2.05, 4.69) is 42.2 Å². The molecular weight excluding hydrogens is 470 g/mol. The molecule has 5 rings (SSSR count). The first-order valence-corrected chi connectivity index (χ1v) is 12.4. The van der Waals surface area contributed by atoms with Crippen LogP contribution in [0.2, 0.25) is 0 Å². The number of hydrogen-bond acceptors (Lipinski definition) is 9. The fraction of sp³-hybridized carbons (Fsp3) is 0.370. The minimum Gasteiger partial charge on any atom is -0.493 e. The Bertz CT molecular complexity index is 1370. The van der Waals surface area contributed by atoms with Gasteiger partial charge in [-0.15, -0.1) is 5.11 Å². The highest BCUT2D eigenvalue weighted by atomic mass is 16.5. The summed E-state index contributed by atoms with van der Waals surface area (Å²) < 4.78 is 16.3. The van der Waals surface area contributed by atoms with Crippen LogP contribution in [0.5, 0.6) is 11.5 Å². The van der Waals surface area contributed by atoms with Crippen molar-refractivity contribution < 1.29 is 14.2 Å². The number of aryl methyl sites for hydroxylation is 2. The van der Waals surface area contributed by atoms with E-state index in [0.717, 1.165) is 53.9 Å². The number of H-pyrrole nitrogens is 1. The number of fused-ring (bicyclic) bond motifs is 1. The molecular formula is C27H31N7O3. The van der Waals surface area contributed by atoms with Crippen molar-refractivity contribution in [1.82, 2.24) is 19.9 Å². The van der Waals surface area contributed by atoms with Gasteiger partial charge in [-0.25, -0.2) is 0 Å². The molecule has 0 aliphatic carbocycles. The van der Waals surface area contributed by atoms with Crippen LogP contribution >= 0.6 is 0 Å². The Morgan fingerprint density at radius 1 is 0.973 bits per heavy atom. The molecule has 2 aromatic heterocycles. The third-order valence-electron chi connectivity index (χ3n) is 6.34. The molecule has 1 aliphatic rings. The maximum Gasteiger partial charge on any atom is 0.273 e. The molecule has 3 heterocycles. The minimum atomic E-state index is 0.331. The summed E-state index contributed by atoms with van der Waals surface area (Å²) >= 11 is 0. The number of benzene rings is 2. The number of ether oxygens (including phenoxy) is 3. The highest BCUT2D eigenvalue weighted by Crippen LogP contribution is 2.28. The number of azo groups is 1. The minimum absolute atomic E-state index is 0.331. The zero-order valence-corrected chi connectivity index (χ0v) is 21.2. The molecule has 4 aromatic rings. The van der Waals surface area contributed by atoms with E-state index in [1.54, 1.807) is 14.2 Å². The lowest BCUT2D eigenvalue weighted by Crippen LogP contribution is -2.37. The second-order valence-electron chi connectivity index (χ2n) is 8.75. The van der Waals surface area contributed by atoms with E-state index >= 15 is 0 Å². The topological polar surface area (TPSA) is 110 Å². The van der Waals surface area contributed by atoms with Gasteiger partial charge in [-0.05, 0) is 36.6 Å². The van der Waals surface area contributed by atoms with Crippen molar-refractivity contribution in [3.63, 3.8) is 0 Å². The number of morpholine rings is 1. The van der Waals surface area contributed by atoms with Gasteiger partial charge in [0.15, 0.2) is 11.5 Å². The summed E-state index contributed by atoms with van der Waals surface area (Å²) in [6, 6.07) is 14.1. The van der Waals surface area contributed by atoms with Gasteiger partial charge in [0.05, 0.1) is 34.0 Å². The molecule has 1 fully saturated rings. The lowest BCUT2D eigenvalue weighted by atomic mass is 10.1. The largest absolute Gasteiger partial charge is 0.493 e. The van der Waals surface area contributed by atoms with Gasteiger partial charge in [0.25, 0.3) is 5.95 Å². The molecule has 0 atom stereocenters. The van der Waals surface area contributed by atoms with Gasteiger partial charge in [-0.1, -0.05) is 24.3 Å². The number of rotatable bonds is 10. The molecule has 10 heteroatoms. The maximum atomic E-state index is 5.50. The quantitative estimate of drug-likeness (QED) is 0.315. The Morgan fingerprint density at radius 2 is 1.81 bits per heavy atom. The molecule has 0 spiro atoms. The van der Waals surface area contributed by atoms with E-state index in [0.29, 0.717) is 43.9 Å². The molecule has 1 aliphatic heterocycles. The Kier molecular flexibility index (Phi) is 7.85. The standard InChI is InChI=1S/C27H31N7O3/c1-35-23-11-10-19(16-24(23)36-2)6-5-9-25-30-26(32-27(31-25)34-12-14-37-15-13-34)33-29-18-20-17-28-22-8-4-3-7-21(20)22/h3-4,7-8,10-11,16-17,28H,5-6,9,12-15,18H2,1-2H3. The van der Waals surface area contributed by atoms with Crippen LogP contribution in [-0.2, 0) is 24.1 Å². The molecule has 1 saturated heterocycles. The normalized spacial score (nSPS) is 13.9. The lowest BCUT2D eigenvalue weighted by molar-refractivity contribution is 0.122. The van der Waals surface area contributed by atoms with Crippen molar-refractivity contribution in [2.75, 3.05) is 45.4 Å². The summed E-state index contributed by atoms with van der Waals surface area (Å²) in [7, 11) is 3.29. The van der Waals surface area contributed by atoms with Crippen LogP contribution in [0.4, 0.5) is 11.9 Å². The molecule has 0 saturated carbocycles. The zero-order chi connectivity index (χ0) is 25.5. The van der Waals surface area contributed by atoms with E-state index in [9.17, 15) is 0 Å². The van der Waals surface area contributed by atoms with E-state index in [-0.39, 0.29) is 0 Å². The highest BCUT2D eigenvalue weighted by molar-refractivity contribution is 5.82. The number of nitrogens with zero attached hydrogens (tertiary/aromatic N) is 6. The number of methoxy groups -OCH3 is 2. The van der Waals surface area contributed by atoms with Crippen LogP contribution in [0.3, 0.4) is 0 Å². The SMILES string of the molecule is COc1ccc(CCCc2nc(N=NCc3c[nH]c4ccccc34)nc(N3CCOCC3)n2)cc1OC. The van der Waals surface area contributed by atoms with Crippen LogP contribution in [0, 0.1) is 0 Å². The number of aromatic amines is 1. The van der Waals surface area contributed by atoms with Crippen molar-refractivity contribution in [3.8, 4) is 11.5 Å². The zero-order valence-electron chi connectivity index (χ0n) is 21.2. The average Bonchev–Trinajstić information content (AvgIpc) is 3.36. The summed E-state index contributed by atoms with van der Waals surface area (Å²) in [5.74, 6) is 3.12. The first kappa shape index (κ1) is 24.6. The molecule has 1 N–H and O–H groups in total. The number of aromatic nitrogens is 4. The van der Waals surface area contributed by atoms with Gasteiger partial charge >= 0.3 is 0 Å². The predicted octanol–water partition coefficient (Wildman–Crippen LogP) is 4.67. The van der Waals surface area contributed by atoms with Gasteiger partial charge in [-0.3, -0.25) is 0 Å². The van der Waals surface area contributed by atoms with Crippen LogP contribution in [0.1, 0.15) is 23.4 Å². The third kappa shape index (κ3) is 6.03. The fourth-order valence-corrected chi connectivity index (χ4v) is 4.38. The van der Waals surface area contributed by atoms with Gasteiger partial charge in [0, 0.05) is 42.2 Å². The van der Waals surface area contributed by atoms with Gasteiger partial charge < -0.3 is 24.1 Å². The summed E-state index contributed by atoms with van der Waals surface area (Å²) in [5.41, 5.74) is 3.33. The number of hydrogen-bond donors (Lipinski definition) is 1. The molecule has 0 unspecified atom stereocenters. The fourth-order valence-electron chi connectivity index (χ4n) is 4.38. The Balaban J connectivity index is 1.30. The van der Waals surface area contributed by atoms with Crippen molar-refractivity contribution >= 4 is 22.8 Å². The molecule has 2 aromatic carbocycles. The average molecular weight is 502 g/mol. The summed E-state index contributed by atoms with van der Waals surface area (Å²) in [6.07, 6.45) is 4.39. The first-order chi connectivity index (χ1) is 18.2. The molecule has 0 amide bonds. The third-order valence-corrected chi connectivity index (χ3v) is 6.34. The highest BCUT2D eigenvalue weighted by Gasteiger charge is 2.17. The van der Waals surface area contributed by atoms with Crippen molar-refractivity contribution in [1.29, 1.82) is 0 Å². The van der Waals surface area contributed by atoms with Crippen molar-refractivity contribution in [2.45, 2.75) is 25.8 Å². The smallest absolute Gasteiger partial charge is 0.273 e. The molecule has 37 heavy (non-hydrogen) atoms. The van der Waals surface area contributed by atoms with Crippen molar-refractivity contribution in [3.05, 3.63) is 65.6 Å². The first-order valence-electron chi connectivity index (χ1n) is 12.4. The maximum absolute atomic E-state index is 5.50. The van der Waals surface area contributed by atoms with E-state index in [1.807, 2.05) is 36.5 Å². The van der Waals surface area contributed by atoms with E-state index in [4.69, 9.17) is 19.2 Å². The Hall–Kier alpha value is -4.05. The number of para-hydroxylation sites is 1. The molecule has 0 bridgehead atoms. The Morgan fingerprint density at radius 3 is 2.65 bits per heavy atom. The van der Waals surface area contributed by atoms with Gasteiger partial charge in [0.2, 0.25) is 5.95 Å². The van der Waals surface area contributed by atoms with Crippen LogP contribution in [0.15, 0.2) is 58.9 Å². The predicted molar refractivity (Wildman–Crippen MR) is 141 cm³/mol. The van der Waals surface area contributed by atoms with Gasteiger partial charge in [0.1, 0.15) is 5.82 Å². The second-order valence-corrected chi connectivity index (χ2v) is 8.75. The lowest BCUT2D eigenvalue weighted by Gasteiger charge is -2.26. The Labute approximate surface area is 215 Å². The van der Waals surface area contributed by atoms with Crippen LogP contribution in [0.25, 0.3) is 10.9 Å². The monoisotopic (exact) mass is 501 g/mol. The number of anilines is 1. The van der Waals surface area contributed by atoms with Gasteiger partial charge in [-0.2, -0.15) is 20.1 Å². The molecule has 192 valence electrons.